The lowest BCUT2D eigenvalue weighted by Crippen LogP contribution is -2.47. The molecule has 0 aromatic heterocycles. The van der Waals surface area contributed by atoms with Crippen molar-refractivity contribution in [2.24, 2.45) is 0 Å². The van der Waals surface area contributed by atoms with E-state index in [1.54, 1.807) is 0 Å². The van der Waals surface area contributed by atoms with Gasteiger partial charge in [-0.25, -0.2) is 0 Å². The summed E-state index contributed by atoms with van der Waals surface area (Å²) in [6.45, 7) is 3.99. The summed E-state index contributed by atoms with van der Waals surface area (Å²) in [6, 6.07) is 0.582. The molecular formula is C6H14Br2N2O. The Bertz CT molecular complexity index is 103. The van der Waals surface area contributed by atoms with Gasteiger partial charge in [-0.05, 0) is 0 Å². The quantitative estimate of drug-likeness (QED) is 0.664. The number of morpholine rings is 1. The van der Waals surface area contributed by atoms with Crippen LogP contribution in [0.4, 0.5) is 0 Å². The number of halogens is 2. The highest BCUT2D eigenvalue weighted by atomic mass is 79.9. The van der Waals surface area contributed by atoms with Crippen molar-refractivity contribution >= 4 is 34.0 Å². The van der Waals surface area contributed by atoms with Gasteiger partial charge >= 0.3 is 0 Å². The molecule has 68 valence electrons. The Morgan fingerprint density at radius 2 is 2.00 bits per heavy atom. The van der Waals surface area contributed by atoms with Crippen LogP contribution in [0.2, 0.25) is 0 Å². The Morgan fingerprint density at radius 3 is 2.73 bits per heavy atom. The van der Waals surface area contributed by atoms with Crippen LogP contribution in [0.3, 0.4) is 0 Å². The summed E-state index contributed by atoms with van der Waals surface area (Å²) in [6.07, 6.45) is 0.443. The van der Waals surface area contributed by atoms with Crippen LogP contribution in [0.5, 0.6) is 0 Å². The molecule has 0 saturated carbocycles. The first-order valence-corrected chi connectivity index (χ1v) is 3.52. The molecule has 3 nitrogen and oxygen atoms in total. The van der Waals surface area contributed by atoms with E-state index in [1.165, 1.54) is 0 Å². The first-order chi connectivity index (χ1) is 4.47. The first kappa shape index (κ1) is 11.8. The van der Waals surface area contributed by atoms with Gasteiger partial charge in [0.2, 0.25) is 0 Å². The second-order valence-electron chi connectivity index (χ2n) is 2.63. The van der Waals surface area contributed by atoms with E-state index in [2.05, 4.69) is 10.6 Å². The third-order valence-corrected chi connectivity index (χ3v) is 2.00. The minimum atomic E-state index is 0. The summed E-state index contributed by atoms with van der Waals surface area (Å²) >= 11 is 0. The summed E-state index contributed by atoms with van der Waals surface area (Å²) in [4.78, 5) is 0. The molecule has 0 aromatic carbocycles. The normalized spacial score (nSPS) is 34.9. The van der Waals surface area contributed by atoms with E-state index in [0.717, 1.165) is 26.2 Å². The molecule has 11 heavy (non-hydrogen) atoms. The zero-order chi connectivity index (χ0) is 6.10. The van der Waals surface area contributed by atoms with E-state index in [1.807, 2.05) is 0 Å². The average Bonchev–Trinajstić information content (AvgIpc) is 2.33. The number of hydrogen-bond acceptors (Lipinski definition) is 3. The van der Waals surface area contributed by atoms with Gasteiger partial charge in [-0.1, -0.05) is 0 Å². The van der Waals surface area contributed by atoms with Crippen LogP contribution in [-0.2, 0) is 4.74 Å². The summed E-state index contributed by atoms with van der Waals surface area (Å²) in [7, 11) is 0. The van der Waals surface area contributed by atoms with Crippen molar-refractivity contribution in [1.29, 1.82) is 0 Å². The maximum Gasteiger partial charge on any atom is 0.0865 e. The molecule has 2 aliphatic rings. The topological polar surface area (TPSA) is 33.3 Å². The largest absolute Gasteiger partial charge is 0.374 e. The molecule has 0 unspecified atom stereocenters. The van der Waals surface area contributed by atoms with Crippen LogP contribution in [0.1, 0.15) is 0 Å². The van der Waals surface area contributed by atoms with Gasteiger partial charge in [0.15, 0.2) is 0 Å². The monoisotopic (exact) mass is 288 g/mol. The summed E-state index contributed by atoms with van der Waals surface area (Å²) in [5.41, 5.74) is 0. The van der Waals surface area contributed by atoms with Crippen LogP contribution in [-0.4, -0.2) is 38.4 Å². The van der Waals surface area contributed by atoms with Crippen LogP contribution in [0.15, 0.2) is 0 Å². The Hall–Kier alpha value is 0.840. The van der Waals surface area contributed by atoms with Crippen molar-refractivity contribution in [3.63, 3.8) is 0 Å². The average molecular weight is 290 g/mol. The molecule has 0 radical (unpaired) electrons. The Labute approximate surface area is 87.8 Å². The van der Waals surface area contributed by atoms with Crippen molar-refractivity contribution in [3.05, 3.63) is 0 Å². The molecule has 2 aliphatic heterocycles. The number of fused-ring (bicyclic) bond motifs is 1. The molecule has 0 aliphatic carbocycles. The van der Waals surface area contributed by atoms with Gasteiger partial charge in [0.05, 0.1) is 12.7 Å². The zero-order valence-corrected chi connectivity index (χ0v) is 9.63. The van der Waals surface area contributed by atoms with Gasteiger partial charge in [0.1, 0.15) is 0 Å². The summed E-state index contributed by atoms with van der Waals surface area (Å²) < 4.78 is 5.48. The Balaban J connectivity index is 0.000000500. The highest BCUT2D eigenvalue weighted by Gasteiger charge is 2.29. The summed E-state index contributed by atoms with van der Waals surface area (Å²) in [5.74, 6) is 0. The van der Waals surface area contributed by atoms with Gasteiger partial charge in [0, 0.05) is 25.7 Å². The molecular weight excluding hydrogens is 276 g/mol. The smallest absolute Gasteiger partial charge is 0.0865 e. The van der Waals surface area contributed by atoms with Gasteiger partial charge in [0.25, 0.3) is 0 Å². The van der Waals surface area contributed by atoms with Crippen LogP contribution < -0.4 is 10.6 Å². The fraction of sp³-hybridized carbons (Fsp3) is 1.00. The second-order valence-corrected chi connectivity index (χ2v) is 2.63. The lowest BCUT2D eigenvalue weighted by Gasteiger charge is -2.25. The number of rotatable bonds is 0. The van der Waals surface area contributed by atoms with Gasteiger partial charge in [-0.15, -0.1) is 34.0 Å². The predicted octanol–water partition coefficient (Wildman–Crippen LogP) is 0.102. The molecule has 2 fully saturated rings. The third kappa shape index (κ3) is 2.66. The van der Waals surface area contributed by atoms with E-state index in [0.29, 0.717) is 12.1 Å². The standard InChI is InChI=1S/C6H12N2O.2BrH/c1-2-9-6-4-7-3-5(6)8-1;;/h5-8H,1-4H2;2*1H/t5-,6-;;/m1../s1. The number of hydrogen-bond donors (Lipinski definition) is 2. The molecule has 2 heterocycles. The molecule has 0 amide bonds. The van der Waals surface area contributed by atoms with Gasteiger partial charge in [-0.3, -0.25) is 0 Å². The van der Waals surface area contributed by atoms with Gasteiger partial charge in [-0.2, -0.15) is 0 Å². The molecule has 2 saturated heterocycles. The fourth-order valence-electron chi connectivity index (χ4n) is 1.49. The predicted molar refractivity (Wildman–Crippen MR) is 55.0 cm³/mol. The van der Waals surface area contributed by atoms with E-state index in [4.69, 9.17) is 4.74 Å². The second kappa shape index (κ2) is 5.48. The molecule has 5 heteroatoms. The molecule has 0 aromatic rings. The van der Waals surface area contributed by atoms with E-state index in [9.17, 15) is 0 Å². The number of nitrogens with one attached hydrogen (secondary N) is 2. The van der Waals surface area contributed by atoms with Crippen LogP contribution >= 0.6 is 34.0 Å². The molecule has 0 bridgehead atoms. The Morgan fingerprint density at radius 1 is 1.18 bits per heavy atom. The highest BCUT2D eigenvalue weighted by molar-refractivity contribution is 8.93. The van der Waals surface area contributed by atoms with Gasteiger partial charge < -0.3 is 15.4 Å². The maximum atomic E-state index is 5.48. The molecule has 2 N–H and O–H groups in total. The number of ether oxygens (including phenoxy) is 1. The SMILES string of the molecule is Br.Br.C1CO[C@@H]2CNC[C@H]2N1. The van der Waals surface area contributed by atoms with E-state index >= 15 is 0 Å². The van der Waals surface area contributed by atoms with Crippen molar-refractivity contribution in [2.45, 2.75) is 12.1 Å². The fourth-order valence-corrected chi connectivity index (χ4v) is 1.49. The molecule has 2 rings (SSSR count). The molecule has 0 spiro atoms. The lowest BCUT2D eigenvalue weighted by atomic mass is 10.2. The van der Waals surface area contributed by atoms with E-state index < -0.39 is 0 Å². The first-order valence-electron chi connectivity index (χ1n) is 3.52. The molecule has 2 atom stereocenters. The highest BCUT2D eigenvalue weighted by Crippen LogP contribution is 2.07. The van der Waals surface area contributed by atoms with Crippen molar-refractivity contribution in [1.82, 2.24) is 10.6 Å². The zero-order valence-electron chi connectivity index (χ0n) is 6.21. The minimum Gasteiger partial charge on any atom is -0.374 e. The lowest BCUT2D eigenvalue weighted by molar-refractivity contribution is 0.0207. The Kier molecular flexibility index (Phi) is 5.90. The summed E-state index contributed by atoms with van der Waals surface area (Å²) in [5, 5.41) is 6.67. The minimum absolute atomic E-state index is 0. The van der Waals surface area contributed by atoms with Crippen LogP contribution in [0.25, 0.3) is 0 Å². The maximum absolute atomic E-state index is 5.48. The van der Waals surface area contributed by atoms with Crippen LogP contribution in [0, 0.1) is 0 Å². The van der Waals surface area contributed by atoms with Crippen molar-refractivity contribution in [2.75, 3.05) is 26.2 Å². The van der Waals surface area contributed by atoms with Crippen molar-refractivity contribution in [3.8, 4) is 0 Å². The third-order valence-electron chi connectivity index (χ3n) is 2.00. The van der Waals surface area contributed by atoms with Crippen molar-refractivity contribution < 1.29 is 4.74 Å². The van der Waals surface area contributed by atoms with E-state index in [-0.39, 0.29) is 34.0 Å².